The third-order valence-electron chi connectivity index (χ3n) is 3.06. The Morgan fingerprint density at radius 1 is 1.20 bits per heavy atom. The van der Waals surface area contributed by atoms with Crippen LogP contribution in [0.4, 0.5) is 0 Å². The molecule has 1 nitrogen and oxygen atoms in total. The summed E-state index contributed by atoms with van der Waals surface area (Å²) in [6, 6.07) is 0.557. The van der Waals surface area contributed by atoms with Crippen LogP contribution in [0.2, 0.25) is 0 Å². The molecule has 0 aromatic heterocycles. The van der Waals surface area contributed by atoms with Gasteiger partial charge in [0.2, 0.25) is 0 Å². The molecule has 0 aliphatic heterocycles. The summed E-state index contributed by atoms with van der Waals surface area (Å²) in [5.74, 6) is 1.93. The highest BCUT2D eigenvalue weighted by molar-refractivity contribution is 4.85. The van der Waals surface area contributed by atoms with Crippen LogP contribution in [0.5, 0.6) is 0 Å². The van der Waals surface area contributed by atoms with Gasteiger partial charge in [0.15, 0.2) is 0 Å². The van der Waals surface area contributed by atoms with Crippen LogP contribution in [0.1, 0.15) is 38.5 Å². The molecule has 2 N–H and O–H groups in total. The Balaban J connectivity index is 1.69. The first kappa shape index (κ1) is 6.66. The molecule has 1 unspecified atom stereocenters. The van der Waals surface area contributed by atoms with Crippen molar-refractivity contribution in [2.45, 2.75) is 44.6 Å². The Morgan fingerprint density at radius 2 is 1.90 bits per heavy atom. The molecule has 0 radical (unpaired) electrons. The van der Waals surface area contributed by atoms with Gasteiger partial charge in [-0.1, -0.05) is 19.3 Å². The van der Waals surface area contributed by atoms with Gasteiger partial charge in [-0.3, -0.25) is 0 Å². The fraction of sp³-hybridized carbons (Fsp3) is 1.00. The molecular formula is C9H17N. The van der Waals surface area contributed by atoms with E-state index in [9.17, 15) is 0 Å². The van der Waals surface area contributed by atoms with E-state index in [1.54, 1.807) is 0 Å². The van der Waals surface area contributed by atoms with Gasteiger partial charge in [0.05, 0.1) is 0 Å². The lowest BCUT2D eigenvalue weighted by atomic mass is 9.78. The average Bonchev–Trinajstić information content (AvgIpc) is 2.43. The van der Waals surface area contributed by atoms with Crippen LogP contribution in [0.3, 0.4) is 0 Å². The molecule has 58 valence electrons. The van der Waals surface area contributed by atoms with E-state index in [1.165, 1.54) is 38.5 Å². The molecule has 10 heavy (non-hydrogen) atoms. The first-order chi connectivity index (χ1) is 4.86. The van der Waals surface area contributed by atoms with Crippen LogP contribution in [-0.2, 0) is 0 Å². The normalized spacial score (nSPS) is 29.7. The minimum atomic E-state index is 0.557. The quantitative estimate of drug-likeness (QED) is 0.635. The lowest BCUT2D eigenvalue weighted by molar-refractivity contribution is 0.247. The standard InChI is InChI=1S/C9H17N/c10-9(6-7-4-5-7)8-2-1-3-8/h7-9H,1-6,10H2. The smallest absolute Gasteiger partial charge is 0.00697 e. The van der Waals surface area contributed by atoms with Crippen LogP contribution >= 0.6 is 0 Å². The summed E-state index contributed by atoms with van der Waals surface area (Å²) >= 11 is 0. The average molecular weight is 139 g/mol. The highest BCUT2D eigenvalue weighted by Crippen LogP contribution is 2.38. The Kier molecular flexibility index (Phi) is 1.69. The topological polar surface area (TPSA) is 26.0 Å². The van der Waals surface area contributed by atoms with Crippen LogP contribution in [0.25, 0.3) is 0 Å². The first-order valence-corrected chi connectivity index (χ1v) is 4.62. The second kappa shape index (κ2) is 2.54. The van der Waals surface area contributed by atoms with Crippen molar-refractivity contribution in [3.63, 3.8) is 0 Å². The van der Waals surface area contributed by atoms with Gasteiger partial charge in [-0.25, -0.2) is 0 Å². The highest BCUT2D eigenvalue weighted by Gasteiger charge is 2.30. The number of hydrogen-bond acceptors (Lipinski definition) is 1. The maximum Gasteiger partial charge on any atom is 0.00697 e. The summed E-state index contributed by atoms with van der Waals surface area (Å²) < 4.78 is 0. The highest BCUT2D eigenvalue weighted by atomic mass is 14.7. The molecule has 0 bridgehead atoms. The maximum absolute atomic E-state index is 6.02. The van der Waals surface area contributed by atoms with Crippen molar-refractivity contribution < 1.29 is 0 Å². The minimum Gasteiger partial charge on any atom is -0.327 e. The van der Waals surface area contributed by atoms with Gasteiger partial charge in [0.25, 0.3) is 0 Å². The van der Waals surface area contributed by atoms with Gasteiger partial charge in [0, 0.05) is 6.04 Å². The molecule has 2 aliphatic carbocycles. The lowest BCUT2D eigenvalue weighted by Crippen LogP contribution is -2.34. The molecule has 2 saturated carbocycles. The Bertz CT molecular complexity index is 114. The third kappa shape index (κ3) is 1.34. The van der Waals surface area contributed by atoms with E-state index in [-0.39, 0.29) is 0 Å². The van der Waals surface area contributed by atoms with Crippen molar-refractivity contribution in [3.8, 4) is 0 Å². The number of rotatable bonds is 3. The molecule has 1 atom stereocenters. The predicted molar refractivity (Wildman–Crippen MR) is 42.7 cm³/mol. The van der Waals surface area contributed by atoms with Gasteiger partial charge in [-0.2, -0.15) is 0 Å². The Labute approximate surface area is 63.0 Å². The maximum atomic E-state index is 6.02. The lowest BCUT2D eigenvalue weighted by Gasteiger charge is -2.31. The monoisotopic (exact) mass is 139 g/mol. The van der Waals surface area contributed by atoms with E-state index in [2.05, 4.69) is 0 Å². The third-order valence-corrected chi connectivity index (χ3v) is 3.06. The van der Waals surface area contributed by atoms with Crippen molar-refractivity contribution in [3.05, 3.63) is 0 Å². The van der Waals surface area contributed by atoms with E-state index < -0.39 is 0 Å². The number of nitrogens with two attached hydrogens (primary N) is 1. The molecule has 2 fully saturated rings. The zero-order valence-electron chi connectivity index (χ0n) is 6.55. The summed E-state index contributed by atoms with van der Waals surface area (Å²) in [5, 5.41) is 0. The molecule has 0 amide bonds. The van der Waals surface area contributed by atoms with Gasteiger partial charge in [0.1, 0.15) is 0 Å². The molecule has 0 heterocycles. The summed E-state index contributed by atoms with van der Waals surface area (Å²) in [7, 11) is 0. The van der Waals surface area contributed by atoms with Crippen molar-refractivity contribution in [2.75, 3.05) is 0 Å². The van der Waals surface area contributed by atoms with E-state index in [0.29, 0.717) is 6.04 Å². The molecule has 0 aromatic carbocycles. The van der Waals surface area contributed by atoms with E-state index in [1.807, 2.05) is 0 Å². The molecule has 0 spiro atoms. The summed E-state index contributed by atoms with van der Waals surface area (Å²) in [6.07, 6.45) is 8.50. The van der Waals surface area contributed by atoms with E-state index >= 15 is 0 Å². The van der Waals surface area contributed by atoms with Crippen molar-refractivity contribution >= 4 is 0 Å². The summed E-state index contributed by atoms with van der Waals surface area (Å²) in [5.41, 5.74) is 6.02. The van der Waals surface area contributed by atoms with Crippen LogP contribution in [0.15, 0.2) is 0 Å². The largest absolute Gasteiger partial charge is 0.327 e. The second-order valence-electron chi connectivity index (χ2n) is 4.03. The fourth-order valence-electron chi connectivity index (χ4n) is 1.80. The predicted octanol–water partition coefficient (Wildman–Crippen LogP) is 1.91. The SMILES string of the molecule is NC(CC1CC1)C1CCC1. The summed E-state index contributed by atoms with van der Waals surface area (Å²) in [6.45, 7) is 0. The zero-order chi connectivity index (χ0) is 6.97. The van der Waals surface area contributed by atoms with Crippen LogP contribution < -0.4 is 5.73 Å². The van der Waals surface area contributed by atoms with Gasteiger partial charge in [-0.05, 0) is 31.1 Å². The molecule has 0 saturated heterocycles. The van der Waals surface area contributed by atoms with Gasteiger partial charge in [-0.15, -0.1) is 0 Å². The molecule has 1 heteroatoms. The number of hydrogen-bond donors (Lipinski definition) is 1. The van der Waals surface area contributed by atoms with E-state index in [4.69, 9.17) is 5.73 Å². The Hall–Kier alpha value is -0.0400. The van der Waals surface area contributed by atoms with E-state index in [0.717, 1.165) is 11.8 Å². The second-order valence-corrected chi connectivity index (χ2v) is 4.03. The van der Waals surface area contributed by atoms with Crippen molar-refractivity contribution in [1.29, 1.82) is 0 Å². The van der Waals surface area contributed by atoms with Gasteiger partial charge >= 0.3 is 0 Å². The fourth-order valence-corrected chi connectivity index (χ4v) is 1.80. The van der Waals surface area contributed by atoms with Crippen molar-refractivity contribution in [2.24, 2.45) is 17.6 Å². The molecule has 0 aromatic rings. The molecule has 2 rings (SSSR count). The molecule has 2 aliphatic rings. The van der Waals surface area contributed by atoms with Crippen molar-refractivity contribution in [1.82, 2.24) is 0 Å². The minimum absolute atomic E-state index is 0.557. The van der Waals surface area contributed by atoms with Gasteiger partial charge < -0.3 is 5.73 Å². The summed E-state index contributed by atoms with van der Waals surface area (Å²) in [4.78, 5) is 0. The van der Waals surface area contributed by atoms with Crippen LogP contribution in [-0.4, -0.2) is 6.04 Å². The Morgan fingerprint density at radius 3 is 2.30 bits per heavy atom. The first-order valence-electron chi connectivity index (χ1n) is 4.62. The molecular weight excluding hydrogens is 122 g/mol. The zero-order valence-corrected chi connectivity index (χ0v) is 6.55. The van der Waals surface area contributed by atoms with Crippen LogP contribution in [0, 0.1) is 11.8 Å².